The van der Waals surface area contributed by atoms with Crippen LogP contribution in [0.25, 0.3) is 0 Å². The van der Waals surface area contributed by atoms with Crippen LogP contribution >= 0.6 is 0 Å². The van der Waals surface area contributed by atoms with Crippen molar-refractivity contribution in [3.63, 3.8) is 0 Å². The van der Waals surface area contributed by atoms with Crippen LogP contribution in [0.5, 0.6) is 0 Å². The van der Waals surface area contributed by atoms with Crippen LogP contribution in [-0.4, -0.2) is 36.5 Å². The van der Waals surface area contributed by atoms with Crippen LogP contribution in [-0.2, 0) is 9.53 Å². The number of esters is 1. The van der Waals surface area contributed by atoms with Crippen LogP contribution < -0.4 is 0 Å². The first-order valence-electron chi connectivity index (χ1n) is 5.26. The van der Waals surface area contributed by atoms with Crippen molar-refractivity contribution in [3.05, 3.63) is 24.2 Å². The molecular weight excluding hydrogens is 210 g/mol. The van der Waals surface area contributed by atoms with Crippen LogP contribution in [0.2, 0.25) is 0 Å². The maximum Gasteiger partial charge on any atom is 0.374 e. The van der Waals surface area contributed by atoms with Gasteiger partial charge in [-0.1, -0.05) is 0 Å². The normalized spacial score (nSPS) is 15.5. The molecule has 5 heteroatoms. The number of amides is 1. The second-order valence-corrected chi connectivity index (χ2v) is 3.60. The van der Waals surface area contributed by atoms with Crippen LogP contribution in [0.3, 0.4) is 0 Å². The van der Waals surface area contributed by atoms with Gasteiger partial charge in [-0.15, -0.1) is 0 Å². The van der Waals surface area contributed by atoms with Gasteiger partial charge in [-0.2, -0.15) is 0 Å². The quantitative estimate of drug-likeness (QED) is 0.716. The summed E-state index contributed by atoms with van der Waals surface area (Å²) < 4.78 is 9.85. The average molecular weight is 223 g/mol. The minimum absolute atomic E-state index is 0.133. The fourth-order valence-corrected chi connectivity index (χ4v) is 1.65. The van der Waals surface area contributed by atoms with E-state index in [4.69, 9.17) is 9.15 Å². The molecule has 2 heterocycles. The molecule has 1 fully saturated rings. The number of likely N-dealkylation sites (tertiary alicyclic amines) is 1. The van der Waals surface area contributed by atoms with E-state index >= 15 is 0 Å². The zero-order valence-corrected chi connectivity index (χ0v) is 8.85. The van der Waals surface area contributed by atoms with Crippen molar-refractivity contribution in [1.29, 1.82) is 0 Å². The molecule has 1 saturated heterocycles. The third-order valence-electron chi connectivity index (χ3n) is 2.49. The summed E-state index contributed by atoms with van der Waals surface area (Å²) in [5, 5.41) is 0. The van der Waals surface area contributed by atoms with Crippen LogP contribution in [0, 0.1) is 0 Å². The Morgan fingerprint density at radius 2 is 2.44 bits per heavy atom. The van der Waals surface area contributed by atoms with Crippen molar-refractivity contribution in [2.75, 3.05) is 19.7 Å². The molecule has 1 aromatic rings. The lowest BCUT2D eigenvalue weighted by Crippen LogP contribution is -2.29. The zero-order valence-electron chi connectivity index (χ0n) is 8.85. The Bertz CT molecular complexity index is 371. The van der Waals surface area contributed by atoms with Gasteiger partial charge in [0.2, 0.25) is 11.7 Å². The fraction of sp³-hybridized carbons (Fsp3) is 0.455. The number of ether oxygens (including phenoxy) is 1. The van der Waals surface area contributed by atoms with E-state index in [1.807, 2.05) is 0 Å². The largest absolute Gasteiger partial charge is 0.458 e. The highest BCUT2D eigenvalue weighted by Crippen LogP contribution is 2.09. The molecule has 0 saturated carbocycles. The summed E-state index contributed by atoms with van der Waals surface area (Å²) >= 11 is 0. The highest BCUT2D eigenvalue weighted by molar-refractivity contribution is 5.86. The minimum atomic E-state index is -0.489. The molecule has 86 valence electrons. The Kier molecular flexibility index (Phi) is 3.24. The van der Waals surface area contributed by atoms with E-state index in [1.165, 1.54) is 6.26 Å². The molecule has 0 aliphatic carbocycles. The van der Waals surface area contributed by atoms with E-state index in [1.54, 1.807) is 17.0 Å². The molecule has 0 spiro atoms. The Morgan fingerprint density at radius 3 is 3.06 bits per heavy atom. The summed E-state index contributed by atoms with van der Waals surface area (Å²) in [6, 6.07) is 3.17. The van der Waals surface area contributed by atoms with Crippen LogP contribution in [0.1, 0.15) is 23.4 Å². The number of rotatable bonds is 4. The smallest absolute Gasteiger partial charge is 0.374 e. The SMILES string of the molecule is O=C(OCCN1CCCC1=O)c1ccco1. The first-order chi connectivity index (χ1) is 7.77. The highest BCUT2D eigenvalue weighted by atomic mass is 16.5. The van der Waals surface area contributed by atoms with E-state index in [-0.39, 0.29) is 18.3 Å². The summed E-state index contributed by atoms with van der Waals surface area (Å²) in [5.74, 6) is -0.168. The van der Waals surface area contributed by atoms with Gasteiger partial charge in [0.05, 0.1) is 12.8 Å². The average Bonchev–Trinajstić information content (AvgIpc) is 2.90. The summed E-state index contributed by atoms with van der Waals surface area (Å²) in [5.41, 5.74) is 0. The molecule has 0 bridgehead atoms. The summed E-state index contributed by atoms with van der Waals surface area (Å²) in [4.78, 5) is 24.3. The molecule has 0 radical (unpaired) electrons. The molecule has 0 N–H and O–H groups in total. The summed E-state index contributed by atoms with van der Waals surface area (Å²) in [6.45, 7) is 1.44. The Balaban J connectivity index is 1.72. The van der Waals surface area contributed by atoms with Gasteiger partial charge in [-0.05, 0) is 18.6 Å². The third-order valence-corrected chi connectivity index (χ3v) is 2.49. The number of nitrogens with zero attached hydrogens (tertiary/aromatic N) is 1. The number of hydrogen-bond acceptors (Lipinski definition) is 4. The molecule has 0 unspecified atom stereocenters. The first-order valence-corrected chi connectivity index (χ1v) is 5.26. The van der Waals surface area contributed by atoms with Crippen molar-refractivity contribution in [2.24, 2.45) is 0 Å². The minimum Gasteiger partial charge on any atom is -0.458 e. The van der Waals surface area contributed by atoms with Crippen LogP contribution in [0.4, 0.5) is 0 Å². The Hall–Kier alpha value is -1.78. The molecular formula is C11H13NO4. The maximum atomic E-state index is 11.3. The van der Waals surface area contributed by atoms with Crippen molar-refractivity contribution in [1.82, 2.24) is 4.90 Å². The molecule has 16 heavy (non-hydrogen) atoms. The van der Waals surface area contributed by atoms with Gasteiger partial charge in [0.15, 0.2) is 0 Å². The second kappa shape index (κ2) is 4.83. The highest BCUT2D eigenvalue weighted by Gasteiger charge is 2.20. The number of furan rings is 1. The molecule has 1 aromatic heterocycles. The van der Waals surface area contributed by atoms with Gasteiger partial charge < -0.3 is 14.1 Å². The molecule has 1 amide bonds. The molecule has 5 nitrogen and oxygen atoms in total. The van der Waals surface area contributed by atoms with Crippen LogP contribution in [0.15, 0.2) is 22.8 Å². The molecule has 2 rings (SSSR count). The lowest BCUT2D eigenvalue weighted by Gasteiger charge is -2.14. The van der Waals surface area contributed by atoms with Crippen molar-refractivity contribution >= 4 is 11.9 Å². The number of carbonyl (C=O) groups is 2. The van der Waals surface area contributed by atoms with Crippen molar-refractivity contribution in [3.8, 4) is 0 Å². The number of hydrogen-bond donors (Lipinski definition) is 0. The van der Waals surface area contributed by atoms with Gasteiger partial charge in [0, 0.05) is 13.0 Å². The lowest BCUT2D eigenvalue weighted by molar-refractivity contribution is -0.128. The zero-order chi connectivity index (χ0) is 11.4. The van der Waals surface area contributed by atoms with Gasteiger partial charge in [-0.25, -0.2) is 4.79 Å². The van der Waals surface area contributed by atoms with Crippen molar-refractivity contribution < 1.29 is 18.7 Å². The predicted octanol–water partition coefficient (Wildman–Crippen LogP) is 1.06. The second-order valence-electron chi connectivity index (χ2n) is 3.60. The van der Waals surface area contributed by atoms with E-state index in [9.17, 15) is 9.59 Å². The lowest BCUT2D eigenvalue weighted by atomic mass is 10.4. The van der Waals surface area contributed by atoms with Crippen molar-refractivity contribution in [2.45, 2.75) is 12.8 Å². The molecule has 1 aliphatic heterocycles. The number of carbonyl (C=O) groups excluding carboxylic acids is 2. The first kappa shape index (κ1) is 10.7. The van der Waals surface area contributed by atoms with Gasteiger partial charge >= 0.3 is 5.97 Å². The van der Waals surface area contributed by atoms with Gasteiger partial charge in [0.1, 0.15) is 6.61 Å². The third kappa shape index (κ3) is 2.42. The van der Waals surface area contributed by atoms with Gasteiger partial charge in [-0.3, -0.25) is 4.79 Å². The predicted molar refractivity (Wildman–Crippen MR) is 54.8 cm³/mol. The van der Waals surface area contributed by atoms with Gasteiger partial charge in [0.25, 0.3) is 0 Å². The fourth-order valence-electron chi connectivity index (χ4n) is 1.65. The Morgan fingerprint density at radius 1 is 1.56 bits per heavy atom. The van der Waals surface area contributed by atoms with E-state index in [0.29, 0.717) is 13.0 Å². The van der Waals surface area contributed by atoms with E-state index in [0.717, 1.165) is 13.0 Å². The van der Waals surface area contributed by atoms with E-state index in [2.05, 4.69) is 0 Å². The maximum absolute atomic E-state index is 11.3. The summed E-state index contributed by atoms with van der Waals surface area (Å²) in [6.07, 6.45) is 2.91. The summed E-state index contributed by atoms with van der Waals surface area (Å²) in [7, 11) is 0. The standard InChI is InChI=1S/C11H13NO4/c13-10-4-1-5-12(10)6-8-16-11(14)9-3-2-7-15-9/h2-3,7H,1,4-6,8H2. The Labute approximate surface area is 93.0 Å². The monoisotopic (exact) mass is 223 g/mol. The molecule has 0 aromatic carbocycles. The van der Waals surface area contributed by atoms with E-state index < -0.39 is 5.97 Å². The molecule has 1 aliphatic rings. The molecule has 0 atom stereocenters. The topological polar surface area (TPSA) is 59.8 Å².